The van der Waals surface area contributed by atoms with E-state index in [1.165, 1.54) is 11.3 Å². The molecule has 0 aliphatic carbocycles. The lowest BCUT2D eigenvalue weighted by atomic mass is 10.0. The highest BCUT2D eigenvalue weighted by molar-refractivity contribution is 6.08. The second-order valence-electron chi connectivity index (χ2n) is 7.78. The third kappa shape index (κ3) is 3.32. The summed E-state index contributed by atoms with van der Waals surface area (Å²) in [6.07, 6.45) is 1.78. The molecule has 5 nitrogen and oxygen atoms in total. The van der Waals surface area contributed by atoms with Crippen LogP contribution in [0.1, 0.15) is 27.0 Å². The van der Waals surface area contributed by atoms with Crippen LogP contribution in [-0.2, 0) is 12.8 Å². The predicted octanol–water partition coefficient (Wildman–Crippen LogP) is 4.62. The molecular weight excluding hydrogens is 374 g/mol. The molecule has 0 aromatic heterocycles. The van der Waals surface area contributed by atoms with Crippen molar-refractivity contribution in [2.75, 3.05) is 30.9 Å². The molecule has 0 unspecified atom stereocenters. The summed E-state index contributed by atoms with van der Waals surface area (Å²) in [4.78, 5) is 19.7. The molecular formula is C25H23N3O2. The molecule has 0 spiro atoms. The summed E-state index contributed by atoms with van der Waals surface area (Å²) in [5.41, 5.74) is 8.17. The normalized spacial score (nSPS) is 14.2. The molecule has 1 N–H and O–H groups in total. The molecule has 0 bridgehead atoms. The molecule has 150 valence electrons. The maximum Gasteiger partial charge on any atom is 0.255 e. The van der Waals surface area contributed by atoms with Gasteiger partial charge in [-0.1, -0.05) is 12.1 Å². The summed E-state index contributed by atoms with van der Waals surface area (Å²) in [5, 5.41) is 3.02. The Morgan fingerprint density at radius 2 is 1.87 bits per heavy atom. The fraction of sp³-hybridized carbons (Fsp3) is 0.200. The number of ether oxygens (including phenoxy) is 1. The zero-order valence-electron chi connectivity index (χ0n) is 17.1. The van der Waals surface area contributed by atoms with Gasteiger partial charge in [-0.3, -0.25) is 9.79 Å². The van der Waals surface area contributed by atoms with Crippen molar-refractivity contribution in [3.8, 4) is 5.75 Å². The molecule has 5 heteroatoms. The average Bonchev–Trinajstić information content (AvgIpc) is 3.36. The lowest BCUT2D eigenvalue weighted by Gasteiger charge is -2.12. The fourth-order valence-electron chi connectivity index (χ4n) is 4.13. The van der Waals surface area contributed by atoms with Crippen LogP contribution in [0.5, 0.6) is 5.75 Å². The van der Waals surface area contributed by atoms with Crippen LogP contribution in [0.25, 0.3) is 0 Å². The molecule has 1 amide bonds. The summed E-state index contributed by atoms with van der Waals surface area (Å²) in [5.74, 6) is 0.740. The SMILES string of the molecule is COc1ccc2c(c1)CC(c1ccc(C(=O)Nc3ccc4c(c3)CCN4C)cc1)=N2. The maximum absolute atomic E-state index is 12.7. The van der Waals surface area contributed by atoms with Gasteiger partial charge in [-0.25, -0.2) is 0 Å². The van der Waals surface area contributed by atoms with E-state index in [-0.39, 0.29) is 5.91 Å². The third-order valence-electron chi connectivity index (χ3n) is 5.85. The van der Waals surface area contributed by atoms with E-state index in [9.17, 15) is 4.79 Å². The number of anilines is 2. The first-order valence-electron chi connectivity index (χ1n) is 10.1. The second kappa shape index (κ2) is 7.34. The average molecular weight is 397 g/mol. The molecule has 0 saturated carbocycles. The van der Waals surface area contributed by atoms with Gasteiger partial charge in [0.2, 0.25) is 0 Å². The van der Waals surface area contributed by atoms with Gasteiger partial charge in [-0.05, 0) is 71.6 Å². The van der Waals surface area contributed by atoms with Gasteiger partial charge in [0.05, 0.1) is 18.5 Å². The molecule has 3 aromatic carbocycles. The zero-order valence-corrected chi connectivity index (χ0v) is 17.1. The number of hydrogen-bond donors (Lipinski definition) is 1. The summed E-state index contributed by atoms with van der Waals surface area (Å²) >= 11 is 0. The van der Waals surface area contributed by atoms with Crippen molar-refractivity contribution in [3.63, 3.8) is 0 Å². The van der Waals surface area contributed by atoms with Crippen LogP contribution in [0, 0.1) is 0 Å². The number of fused-ring (bicyclic) bond motifs is 2. The van der Waals surface area contributed by atoms with Crippen LogP contribution in [0.2, 0.25) is 0 Å². The quantitative estimate of drug-likeness (QED) is 0.699. The van der Waals surface area contributed by atoms with Crippen LogP contribution in [0.4, 0.5) is 17.1 Å². The van der Waals surface area contributed by atoms with Crippen molar-refractivity contribution in [1.29, 1.82) is 0 Å². The van der Waals surface area contributed by atoms with E-state index in [0.717, 1.165) is 53.3 Å². The first kappa shape index (κ1) is 18.4. The molecule has 2 aliphatic rings. The number of hydrogen-bond acceptors (Lipinski definition) is 4. The number of methoxy groups -OCH3 is 1. The topological polar surface area (TPSA) is 53.9 Å². The first-order chi connectivity index (χ1) is 14.6. The van der Waals surface area contributed by atoms with Gasteiger partial charge < -0.3 is 15.0 Å². The van der Waals surface area contributed by atoms with E-state index in [1.807, 2.05) is 48.5 Å². The number of nitrogens with zero attached hydrogens (tertiary/aromatic N) is 2. The summed E-state index contributed by atoms with van der Waals surface area (Å²) in [7, 11) is 3.76. The van der Waals surface area contributed by atoms with Crippen LogP contribution in [0.3, 0.4) is 0 Å². The van der Waals surface area contributed by atoms with Crippen LogP contribution < -0.4 is 15.0 Å². The number of amides is 1. The van der Waals surface area contributed by atoms with Crippen molar-refractivity contribution >= 4 is 28.7 Å². The number of nitrogens with one attached hydrogen (secondary N) is 1. The largest absolute Gasteiger partial charge is 0.497 e. The second-order valence-corrected chi connectivity index (χ2v) is 7.78. The van der Waals surface area contributed by atoms with Gasteiger partial charge in [0.15, 0.2) is 0 Å². The van der Waals surface area contributed by atoms with E-state index < -0.39 is 0 Å². The van der Waals surface area contributed by atoms with E-state index in [2.05, 4.69) is 29.4 Å². The monoisotopic (exact) mass is 397 g/mol. The van der Waals surface area contributed by atoms with E-state index in [0.29, 0.717) is 5.56 Å². The number of carbonyl (C=O) groups is 1. The molecule has 30 heavy (non-hydrogen) atoms. The van der Waals surface area contributed by atoms with Crippen molar-refractivity contribution < 1.29 is 9.53 Å². The Hall–Kier alpha value is -3.60. The summed E-state index contributed by atoms with van der Waals surface area (Å²) in [6.45, 7) is 1.02. The number of carbonyl (C=O) groups excluding carboxylic acids is 1. The molecule has 0 atom stereocenters. The highest BCUT2D eigenvalue weighted by atomic mass is 16.5. The van der Waals surface area contributed by atoms with Gasteiger partial charge in [-0.15, -0.1) is 0 Å². The lowest BCUT2D eigenvalue weighted by Crippen LogP contribution is -2.13. The molecule has 2 aliphatic heterocycles. The Morgan fingerprint density at radius 3 is 2.67 bits per heavy atom. The molecule has 2 heterocycles. The number of likely N-dealkylation sites (N-methyl/N-ethyl adjacent to an activating group) is 1. The molecule has 0 radical (unpaired) electrons. The highest BCUT2D eigenvalue weighted by Crippen LogP contribution is 2.32. The van der Waals surface area contributed by atoms with Gasteiger partial charge in [0.1, 0.15) is 5.75 Å². The summed E-state index contributed by atoms with van der Waals surface area (Å²) in [6, 6.07) is 19.7. The van der Waals surface area contributed by atoms with Crippen molar-refractivity contribution in [2.24, 2.45) is 4.99 Å². The molecule has 5 rings (SSSR count). The smallest absolute Gasteiger partial charge is 0.255 e. The third-order valence-corrected chi connectivity index (χ3v) is 5.85. The highest BCUT2D eigenvalue weighted by Gasteiger charge is 2.18. The lowest BCUT2D eigenvalue weighted by molar-refractivity contribution is 0.102. The van der Waals surface area contributed by atoms with Gasteiger partial charge in [0, 0.05) is 37.0 Å². The Bertz CT molecular complexity index is 1170. The van der Waals surface area contributed by atoms with Crippen molar-refractivity contribution in [3.05, 3.63) is 82.9 Å². The zero-order chi connectivity index (χ0) is 20.7. The molecule has 3 aromatic rings. The Balaban J connectivity index is 1.29. The minimum Gasteiger partial charge on any atom is -0.497 e. The minimum atomic E-state index is -0.103. The van der Waals surface area contributed by atoms with Crippen molar-refractivity contribution in [2.45, 2.75) is 12.8 Å². The fourth-order valence-corrected chi connectivity index (χ4v) is 4.13. The van der Waals surface area contributed by atoms with Crippen LogP contribution in [0.15, 0.2) is 65.7 Å². The van der Waals surface area contributed by atoms with Gasteiger partial charge >= 0.3 is 0 Å². The van der Waals surface area contributed by atoms with E-state index in [4.69, 9.17) is 9.73 Å². The Labute approximate surface area is 176 Å². The van der Waals surface area contributed by atoms with Gasteiger partial charge in [-0.2, -0.15) is 0 Å². The predicted molar refractivity (Wildman–Crippen MR) is 121 cm³/mol. The first-order valence-corrected chi connectivity index (χ1v) is 10.1. The number of rotatable bonds is 4. The Morgan fingerprint density at radius 1 is 1.03 bits per heavy atom. The van der Waals surface area contributed by atoms with E-state index >= 15 is 0 Å². The number of aliphatic imine (C=N–C) groups is 1. The van der Waals surface area contributed by atoms with Gasteiger partial charge in [0.25, 0.3) is 5.91 Å². The Kier molecular flexibility index (Phi) is 4.51. The molecule has 0 fully saturated rings. The van der Waals surface area contributed by atoms with E-state index in [1.54, 1.807) is 7.11 Å². The minimum absolute atomic E-state index is 0.103. The van der Waals surface area contributed by atoms with Crippen LogP contribution >= 0.6 is 0 Å². The number of benzene rings is 3. The molecule has 0 saturated heterocycles. The standard InChI is InChI=1S/C25H23N3O2/c1-28-12-11-18-13-20(7-10-24(18)28)26-25(29)17-5-3-16(4-6-17)23-15-19-14-21(30-2)8-9-22(19)27-23/h3-10,13-14H,11-12,15H2,1-2H3,(H,26,29). The van der Waals surface area contributed by atoms with Crippen LogP contribution in [-0.4, -0.2) is 32.3 Å². The maximum atomic E-state index is 12.7. The summed E-state index contributed by atoms with van der Waals surface area (Å²) < 4.78 is 5.30. The van der Waals surface area contributed by atoms with Crippen molar-refractivity contribution in [1.82, 2.24) is 0 Å².